The Morgan fingerprint density at radius 2 is 0.628 bits per heavy atom. The number of esters is 4. The maximum Gasteiger partial charge on any atom is 0.306 e. The first kappa shape index (κ1) is 90.1. The summed E-state index contributed by atoms with van der Waals surface area (Å²) in [5.41, 5.74) is 1.23. The van der Waals surface area contributed by atoms with Crippen molar-refractivity contribution < 1.29 is 105 Å². The SMILES string of the molecule is CCCCC(=O)OCCOCC(=O)CCCOCCOCCC.CCCCC(=O)OCCOCCCC(=O)OCc1cn(C)nn1.CCCNC(=O)COCCOCC(=O)CCCOCCOCCC.CCCNC(=O)COCCOCCCC(=O)OCc1cn(C)nn1. The van der Waals surface area contributed by atoms with Gasteiger partial charge in [-0.25, -0.2) is 0 Å². The fourth-order valence-corrected chi connectivity index (χ4v) is 6.82. The number of ketones is 2. The van der Waals surface area contributed by atoms with Crippen LogP contribution < -0.4 is 10.6 Å². The standard InChI is InChI=1S/C17H33NO6.C17H32O6.C15H26N4O5.C15H25N3O5/c1-3-7-18-17(20)15-24-13-12-23-14-16(19)6-5-9-22-11-10-21-8-4-2;1-3-5-8-17(19)23-14-13-22-15-16(18)7-6-10-21-12-11-20-9-4-2;1-3-6-16-14(20)12-23-9-8-22-7-4-5-15(21)24-11-13-10-19(2)18-17-13;1-3-4-6-14(19)22-10-9-21-8-5-7-15(20)23-12-13-11-18(2)17-16-13/h3-15H2,1-2H3,(H,18,20);3-15H2,1-2H3;10H,3-9,11-12H2,1-2H3,(H,16,20);11H,3-10,12H2,1-2H3. The molecule has 2 aromatic heterocycles. The molecule has 30 nitrogen and oxygen atoms in total. The van der Waals surface area contributed by atoms with Gasteiger partial charge in [-0.1, -0.05) is 64.8 Å². The molecule has 0 spiro atoms. The number of ether oxygens (including phenoxy) is 14. The summed E-state index contributed by atoms with van der Waals surface area (Å²) in [6, 6.07) is 0. The van der Waals surface area contributed by atoms with E-state index in [1.165, 1.54) is 0 Å². The second-order valence-corrected chi connectivity index (χ2v) is 20.8. The van der Waals surface area contributed by atoms with E-state index in [0.717, 1.165) is 64.6 Å². The molecular weight excluding hydrogens is 1230 g/mol. The highest BCUT2D eigenvalue weighted by molar-refractivity contribution is 5.80. The van der Waals surface area contributed by atoms with Crippen LogP contribution in [0.15, 0.2) is 12.4 Å². The van der Waals surface area contributed by atoms with E-state index < -0.39 is 0 Å². The van der Waals surface area contributed by atoms with Crippen LogP contribution in [0.5, 0.6) is 0 Å². The zero-order valence-electron chi connectivity index (χ0n) is 57.9. The molecule has 2 amide bonds. The number of nitrogens with zero attached hydrogens (tertiary/aromatic N) is 6. The van der Waals surface area contributed by atoms with Gasteiger partial charge in [0.05, 0.1) is 78.5 Å². The Hall–Kier alpha value is -5.96. The molecule has 0 bridgehead atoms. The molecule has 0 aliphatic carbocycles. The van der Waals surface area contributed by atoms with E-state index in [1.54, 1.807) is 35.9 Å². The lowest BCUT2D eigenvalue weighted by Gasteiger charge is -2.07. The number of nitrogens with one attached hydrogen (secondary N) is 2. The highest BCUT2D eigenvalue weighted by Gasteiger charge is 2.10. The van der Waals surface area contributed by atoms with E-state index in [2.05, 4.69) is 45.1 Å². The lowest BCUT2D eigenvalue weighted by molar-refractivity contribution is -0.147. The van der Waals surface area contributed by atoms with Crippen molar-refractivity contribution >= 4 is 47.3 Å². The maximum absolute atomic E-state index is 11.6. The van der Waals surface area contributed by atoms with Crippen molar-refractivity contribution in [3.05, 3.63) is 23.8 Å². The molecule has 0 saturated heterocycles. The number of carbonyl (C=O) groups is 8. The summed E-state index contributed by atoms with van der Waals surface area (Å²) in [5.74, 6) is -1.17. The largest absolute Gasteiger partial charge is 0.463 e. The number of aryl methyl sites for hydroxylation is 2. The molecule has 0 fully saturated rings. The van der Waals surface area contributed by atoms with E-state index >= 15 is 0 Å². The summed E-state index contributed by atoms with van der Waals surface area (Å²) in [6.45, 7) is 22.1. The Balaban J connectivity index is 0. The Morgan fingerprint density at radius 1 is 0.330 bits per heavy atom. The van der Waals surface area contributed by atoms with Crippen molar-refractivity contribution in [3.8, 4) is 0 Å². The third-order valence-corrected chi connectivity index (χ3v) is 11.7. The van der Waals surface area contributed by atoms with E-state index in [9.17, 15) is 38.4 Å². The Kier molecular flexibility index (Phi) is 67.0. The molecule has 0 unspecified atom stereocenters. The van der Waals surface area contributed by atoms with Gasteiger partial charge in [-0.2, -0.15) is 0 Å². The van der Waals surface area contributed by atoms with Crippen LogP contribution in [0.25, 0.3) is 0 Å². The molecule has 0 radical (unpaired) electrons. The van der Waals surface area contributed by atoms with Crippen molar-refractivity contribution in [1.29, 1.82) is 0 Å². The summed E-state index contributed by atoms with van der Waals surface area (Å²) in [6.07, 6.45) is 15.6. The predicted octanol–water partition coefficient (Wildman–Crippen LogP) is 5.45. The van der Waals surface area contributed by atoms with Crippen molar-refractivity contribution in [3.63, 3.8) is 0 Å². The third-order valence-electron chi connectivity index (χ3n) is 11.7. The first-order valence-electron chi connectivity index (χ1n) is 33.3. The minimum atomic E-state index is -0.301. The van der Waals surface area contributed by atoms with Gasteiger partial charge >= 0.3 is 23.9 Å². The summed E-state index contributed by atoms with van der Waals surface area (Å²) < 4.78 is 75.8. The first-order chi connectivity index (χ1) is 45.6. The molecule has 2 aromatic rings. The average molecular weight is 1350 g/mol. The van der Waals surface area contributed by atoms with Crippen molar-refractivity contribution in [2.45, 2.75) is 170 Å². The van der Waals surface area contributed by atoms with Gasteiger partial charge < -0.3 is 76.9 Å². The smallest absolute Gasteiger partial charge is 0.306 e. The second-order valence-electron chi connectivity index (χ2n) is 20.8. The zero-order chi connectivity index (χ0) is 69.6. The minimum absolute atomic E-state index is 0.0244. The molecule has 0 saturated carbocycles. The Bertz CT molecular complexity index is 2150. The lowest BCUT2D eigenvalue weighted by Crippen LogP contribution is -2.28. The van der Waals surface area contributed by atoms with Gasteiger partial charge in [-0.15, -0.1) is 10.2 Å². The van der Waals surface area contributed by atoms with Crippen LogP contribution in [0.2, 0.25) is 0 Å². The van der Waals surface area contributed by atoms with Gasteiger partial charge in [0.2, 0.25) is 11.8 Å². The van der Waals surface area contributed by atoms with Crippen LogP contribution in [-0.4, -0.2) is 236 Å². The molecule has 2 heterocycles. The van der Waals surface area contributed by atoms with Gasteiger partial charge in [0.15, 0.2) is 11.6 Å². The number of Topliss-reactive ketones (excluding diaryl/α,β-unsaturated/α-hetero) is 2. The minimum Gasteiger partial charge on any atom is -0.463 e. The van der Waals surface area contributed by atoms with E-state index in [0.29, 0.717) is 162 Å². The fraction of sp³-hybridized carbons (Fsp3) is 0.812. The summed E-state index contributed by atoms with van der Waals surface area (Å²) >= 11 is 0. The topological polar surface area (TPSA) is 351 Å². The molecule has 0 atom stereocenters. The number of aromatic nitrogens is 6. The highest BCUT2D eigenvalue weighted by atomic mass is 16.6. The van der Waals surface area contributed by atoms with Gasteiger partial charge in [0.1, 0.15) is 64.2 Å². The second kappa shape index (κ2) is 69.9. The molecular formula is C64H116N8O22. The number of unbranched alkanes of at least 4 members (excludes halogenated alkanes) is 2. The third kappa shape index (κ3) is 67.5. The van der Waals surface area contributed by atoms with Crippen molar-refractivity contribution in [2.24, 2.45) is 14.1 Å². The molecule has 30 heteroatoms. The molecule has 0 aromatic carbocycles. The number of carbonyl (C=O) groups excluding carboxylic acids is 8. The predicted molar refractivity (Wildman–Crippen MR) is 345 cm³/mol. The van der Waals surface area contributed by atoms with E-state index in [4.69, 9.17) is 66.3 Å². The molecule has 544 valence electrons. The number of rotatable bonds is 60. The van der Waals surface area contributed by atoms with Gasteiger partial charge in [0.25, 0.3) is 0 Å². The first-order valence-corrected chi connectivity index (χ1v) is 33.3. The number of hydrogen-bond donors (Lipinski definition) is 2. The lowest BCUT2D eigenvalue weighted by atomic mass is 10.2. The molecule has 2 N–H and O–H groups in total. The quantitative estimate of drug-likeness (QED) is 0.0472. The van der Waals surface area contributed by atoms with E-state index in [-0.39, 0.29) is 120 Å². The monoisotopic (exact) mass is 1350 g/mol. The molecule has 2 rings (SSSR count). The Labute approximate surface area is 557 Å². The molecule has 94 heavy (non-hydrogen) atoms. The number of amides is 2. The van der Waals surface area contributed by atoms with Gasteiger partial charge in [-0.3, -0.25) is 47.7 Å². The van der Waals surface area contributed by atoms with Crippen LogP contribution in [0, 0.1) is 0 Å². The van der Waals surface area contributed by atoms with Crippen LogP contribution in [0.4, 0.5) is 0 Å². The van der Waals surface area contributed by atoms with Crippen molar-refractivity contribution in [1.82, 2.24) is 40.6 Å². The summed E-state index contributed by atoms with van der Waals surface area (Å²) in [5, 5.41) is 20.6. The fourth-order valence-electron chi connectivity index (χ4n) is 6.82. The molecule has 0 aliphatic rings. The van der Waals surface area contributed by atoms with Crippen molar-refractivity contribution in [2.75, 3.05) is 158 Å². The van der Waals surface area contributed by atoms with Crippen LogP contribution in [-0.2, 0) is 132 Å². The number of hydrogen-bond acceptors (Lipinski definition) is 26. The average Bonchev–Trinajstić information content (AvgIpc) is 2.38. The van der Waals surface area contributed by atoms with Gasteiger partial charge in [-0.05, 0) is 64.2 Å². The van der Waals surface area contributed by atoms with E-state index in [1.807, 2.05) is 27.7 Å². The van der Waals surface area contributed by atoms with Crippen LogP contribution >= 0.6 is 0 Å². The summed E-state index contributed by atoms with van der Waals surface area (Å²) in [7, 11) is 3.49. The van der Waals surface area contributed by atoms with Crippen LogP contribution in [0.3, 0.4) is 0 Å². The Morgan fingerprint density at radius 3 is 0.957 bits per heavy atom. The normalized spacial score (nSPS) is 10.6. The molecule has 0 aliphatic heterocycles. The maximum atomic E-state index is 11.6. The van der Waals surface area contributed by atoms with Gasteiger partial charge in [0, 0.05) is 105 Å². The zero-order valence-corrected chi connectivity index (χ0v) is 57.9. The van der Waals surface area contributed by atoms with Crippen LogP contribution in [0.1, 0.15) is 169 Å². The highest BCUT2D eigenvalue weighted by Crippen LogP contribution is 2.03. The summed E-state index contributed by atoms with van der Waals surface area (Å²) in [4.78, 5) is 91.0.